The summed E-state index contributed by atoms with van der Waals surface area (Å²) in [6, 6.07) is 12.3. The third-order valence-electron chi connectivity index (χ3n) is 4.83. The molecule has 0 aliphatic carbocycles. The second-order valence-corrected chi connectivity index (χ2v) is 9.20. The van der Waals surface area contributed by atoms with E-state index in [4.69, 9.17) is 16.3 Å². The Morgan fingerprint density at radius 3 is 2.42 bits per heavy atom. The maximum Gasteiger partial charge on any atom is 0.261 e. The van der Waals surface area contributed by atoms with Crippen molar-refractivity contribution in [3.05, 3.63) is 63.1 Å². The number of aryl methyl sites for hydroxylation is 1. The quantitative estimate of drug-likeness (QED) is 0.468. The van der Waals surface area contributed by atoms with E-state index in [2.05, 4.69) is 21.2 Å². The highest BCUT2D eigenvalue weighted by Gasteiger charge is 2.29. The topological polar surface area (TPSA) is 58.6 Å². The molecule has 2 amide bonds. The van der Waals surface area contributed by atoms with Crippen molar-refractivity contribution in [1.29, 1.82) is 0 Å². The monoisotopic (exact) mass is 508 g/mol. The number of carbonyl (C=O) groups is 2. The fraction of sp³-hybridized carbons (Fsp3) is 0.417. The van der Waals surface area contributed by atoms with Crippen LogP contribution in [0, 0.1) is 12.8 Å². The lowest BCUT2D eigenvalue weighted by molar-refractivity contribution is -0.143. The summed E-state index contributed by atoms with van der Waals surface area (Å²) < 4.78 is 6.72. The minimum atomic E-state index is -0.586. The summed E-state index contributed by atoms with van der Waals surface area (Å²) in [4.78, 5) is 27.6. The Bertz CT molecular complexity index is 887. The van der Waals surface area contributed by atoms with Crippen LogP contribution in [0.4, 0.5) is 0 Å². The largest absolute Gasteiger partial charge is 0.484 e. The molecule has 1 atom stereocenters. The summed E-state index contributed by atoms with van der Waals surface area (Å²) in [6.07, 6.45) is 0.501. The van der Waals surface area contributed by atoms with Gasteiger partial charge in [-0.25, -0.2) is 0 Å². The van der Waals surface area contributed by atoms with Crippen molar-refractivity contribution < 1.29 is 14.3 Å². The number of ether oxygens (including phenoxy) is 1. The van der Waals surface area contributed by atoms with E-state index in [0.717, 1.165) is 15.6 Å². The highest BCUT2D eigenvalue weighted by atomic mass is 79.9. The van der Waals surface area contributed by atoms with E-state index in [9.17, 15) is 9.59 Å². The summed E-state index contributed by atoms with van der Waals surface area (Å²) in [5, 5.41) is 3.57. The van der Waals surface area contributed by atoms with Crippen molar-refractivity contribution in [1.82, 2.24) is 10.2 Å². The van der Waals surface area contributed by atoms with E-state index < -0.39 is 6.04 Å². The molecule has 0 spiro atoms. The van der Waals surface area contributed by atoms with Crippen LogP contribution >= 0.6 is 27.5 Å². The number of benzene rings is 2. The number of nitrogens with zero attached hydrogens (tertiary/aromatic N) is 1. The third-order valence-corrected chi connectivity index (χ3v) is 5.97. The smallest absolute Gasteiger partial charge is 0.261 e. The van der Waals surface area contributed by atoms with Crippen molar-refractivity contribution in [2.45, 2.75) is 46.7 Å². The van der Waals surface area contributed by atoms with Gasteiger partial charge in [-0.15, -0.1) is 0 Å². The van der Waals surface area contributed by atoms with Crippen LogP contribution in [0.5, 0.6) is 5.75 Å². The summed E-state index contributed by atoms with van der Waals surface area (Å²) in [7, 11) is 0. The van der Waals surface area contributed by atoms with Gasteiger partial charge in [0.2, 0.25) is 5.91 Å². The highest BCUT2D eigenvalue weighted by Crippen LogP contribution is 2.22. The van der Waals surface area contributed by atoms with E-state index in [0.29, 0.717) is 36.2 Å². The fourth-order valence-corrected chi connectivity index (χ4v) is 3.44. The molecule has 2 rings (SSSR count). The fourth-order valence-electron chi connectivity index (χ4n) is 3.06. The van der Waals surface area contributed by atoms with Gasteiger partial charge in [0.1, 0.15) is 11.8 Å². The summed E-state index contributed by atoms with van der Waals surface area (Å²) >= 11 is 9.45. The van der Waals surface area contributed by atoms with E-state index in [1.165, 1.54) is 0 Å². The summed E-state index contributed by atoms with van der Waals surface area (Å²) in [6.45, 7) is 8.64. The lowest BCUT2D eigenvalue weighted by Crippen LogP contribution is -2.50. The van der Waals surface area contributed by atoms with Gasteiger partial charge >= 0.3 is 0 Å². The van der Waals surface area contributed by atoms with E-state index >= 15 is 0 Å². The Morgan fingerprint density at radius 2 is 1.84 bits per heavy atom. The molecule has 0 unspecified atom stereocenters. The molecule has 168 valence electrons. The molecule has 0 radical (unpaired) electrons. The second-order valence-electron chi connectivity index (χ2n) is 7.91. The normalized spacial score (nSPS) is 11.8. The van der Waals surface area contributed by atoms with Crippen LogP contribution in [0.15, 0.2) is 46.9 Å². The van der Waals surface area contributed by atoms with Crippen LogP contribution in [-0.4, -0.2) is 35.9 Å². The van der Waals surface area contributed by atoms with Crippen molar-refractivity contribution in [2.24, 2.45) is 5.92 Å². The Morgan fingerprint density at radius 1 is 1.16 bits per heavy atom. The van der Waals surface area contributed by atoms with Gasteiger partial charge < -0.3 is 15.0 Å². The third kappa shape index (κ3) is 7.86. The molecule has 7 heteroatoms. The van der Waals surface area contributed by atoms with Crippen molar-refractivity contribution in [3.63, 3.8) is 0 Å². The van der Waals surface area contributed by atoms with Crippen LogP contribution in [0.25, 0.3) is 0 Å². The van der Waals surface area contributed by atoms with Gasteiger partial charge in [-0.1, -0.05) is 60.4 Å². The van der Waals surface area contributed by atoms with Crippen molar-refractivity contribution >= 4 is 39.3 Å². The molecule has 0 aromatic heterocycles. The van der Waals surface area contributed by atoms with Gasteiger partial charge in [-0.3, -0.25) is 9.59 Å². The van der Waals surface area contributed by atoms with Crippen LogP contribution in [0.3, 0.4) is 0 Å². The standard InChI is InChI=1S/C24H30BrClN2O3/c1-5-22(24(30)27-13-16(2)3)28(14-18-6-8-19(26)9-7-18)23(29)15-31-20-10-11-21(25)17(4)12-20/h6-12,16,22H,5,13-15H2,1-4H3,(H,27,30)/t22-/m0/s1. The van der Waals surface area contributed by atoms with Crippen LogP contribution in [0.1, 0.15) is 38.3 Å². The molecule has 1 N–H and O–H groups in total. The van der Waals surface area contributed by atoms with Crippen molar-refractivity contribution in [2.75, 3.05) is 13.2 Å². The number of carbonyl (C=O) groups excluding carboxylic acids is 2. The number of hydrogen-bond acceptors (Lipinski definition) is 3. The number of nitrogens with one attached hydrogen (secondary N) is 1. The first-order valence-electron chi connectivity index (χ1n) is 10.4. The van der Waals surface area contributed by atoms with Crippen LogP contribution in [-0.2, 0) is 16.1 Å². The Hall–Kier alpha value is -2.05. The SMILES string of the molecule is CC[C@@H](C(=O)NCC(C)C)N(Cc1ccc(Cl)cc1)C(=O)COc1ccc(Br)c(C)c1. The minimum Gasteiger partial charge on any atom is -0.484 e. The molecule has 0 aliphatic heterocycles. The predicted molar refractivity (Wildman–Crippen MR) is 128 cm³/mol. The van der Waals surface area contributed by atoms with E-state index in [1.54, 1.807) is 23.1 Å². The molecular formula is C24H30BrClN2O3. The van der Waals surface area contributed by atoms with Gasteiger partial charge in [0, 0.05) is 22.6 Å². The van der Waals surface area contributed by atoms with Crippen LogP contribution in [0.2, 0.25) is 5.02 Å². The molecule has 5 nitrogen and oxygen atoms in total. The first kappa shape index (κ1) is 25.2. The molecule has 0 heterocycles. The highest BCUT2D eigenvalue weighted by molar-refractivity contribution is 9.10. The zero-order valence-electron chi connectivity index (χ0n) is 18.5. The van der Waals surface area contributed by atoms with Gasteiger partial charge in [0.15, 0.2) is 6.61 Å². The molecule has 0 saturated heterocycles. The number of amides is 2. The van der Waals surface area contributed by atoms with Gasteiger partial charge in [0.05, 0.1) is 0 Å². The molecule has 0 aliphatic rings. The number of halogens is 2. The lowest BCUT2D eigenvalue weighted by Gasteiger charge is -2.31. The molecule has 2 aromatic rings. The van der Waals surface area contributed by atoms with E-state index in [-0.39, 0.29) is 18.4 Å². The van der Waals surface area contributed by atoms with Crippen LogP contribution < -0.4 is 10.1 Å². The van der Waals surface area contributed by atoms with Gasteiger partial charge in [-0.05, 0) is 60.7 Å². The average molecular weight is 510 g/mol. The number of rotatable bonds is 10. The molecule has 0 bridgehead atoms. The predicted octanol–water partition coefficient (Wildman–Crippen LogP) is 5.37. The zero-order chi connectivity index (χ0) is 23.0. The van der Waals surface area contributed by atoms with Gasteiger partial charge in [-0.2, -0.15) is 0 Å². The maximum absolute atomic E-state index is 13.2. The van der Waals surface area contributed by atoms with E-state index in [1.807, 2.05) is 52.0 Å². The summed E-state index contributed by atoms with van der Waals surface area (Å²) in [5.74, 6) is 0.531. The van der Waals surface area contributed by atoms with Crippen molar-refractivity contribution in [3.8, 4) is 5.75 Å². The molecule has 31 heavy (non-hydrogen) atoms. The minimum absolute atomic E-state index is 0.150. The molecule has 0 saturated carbocycles. The first-order valence-corrected chi connectivity index (χ1v) is 11.6. The number of hydrogen-bond donors (Lipinski definition) is 1. The second kappa shape index (κ2) is 12.1. The first-order chi connectivity index (χ1) is 14.7. The molecule has 0 fully saturated rings. The average Bonchev–Trinajstić information content (AvgIpc) is 2.74. The zero-order valence-corrected chi connectivity index (χ0v) is 20.8. The molecular weight excluding hydrogens is 480 g/mol. The van der Waals surface area contributed by atoms with Gasteiger partial charge in [0.25, 0.3) is 5.91 Å². The summed E-state index contributed by atoms with van der Waals surface area (Å²) in [5.41, 5.74) is 1.91. The molecule has 2 aromatic carbocycles. The lowest BCUT2D eigenvalue weighted by atomic mass is 10.1. The Balaban J connectivity index is 2.19. The maximum atomic E-state index is 13.2. The Labute approximate surface area is 198 Å². The Kier molecular flexibility index (Phi) is 9.85.